The zero-order valence-corrected chi connectivity index (χ0v) is 15.3. The lowest BCUT2D eigenvalue weighted by Crippen LogP contribution is -2.41. The number of hydrogen-bond donors (Lipinski definition) is 0. The molecule has 7 heteroatoms. The largest absolute Gasteiger partial charge is 0.443 e. The number of amides is 1. The molecule has 0 radical (unpaired) electrons. The van der Waals surface area contributed by atoms with Gasteiger partial charge in [0.2, 0.25) is 0 Å². The second-order valence-corrected chi connectivity index (χ2v) is 8.33. The van der Waals surface area contributed by atoms with Gasteiger partial charge in [0.15, 0.2) is 0 Å². The lowest BCUT2D eigenvalue weighted by atomic mass is 10.2. The summed E-state index contributed by atoms with van der Waals surface area (Å²) in [6.45, 7) is 6.72. The van der Waals surface area contributed by atoms with Gasteiger partial charge < -0.3 is 4.74 Å². The van der Waals surface area contributed by atoms with Crippen LogP contribution in [0.25, 0.3) is 0 Å². The van der Waals surface area contributed by atoms with Gasteiger partial charge in [0.1, 0.15) is 11.4 Å². The Labute approximate surface area is 147 Å². The summed E-state index contributed by atoms with van der Waals surface area (Å²) in [5.74, 6) is -0.541. The lowest BCUT2D eigenvalue weighted by molar-refractivity contribution is 0.0609. The van der Waals surface area contributed by atoms with Gasteiger partial charge in [-0.2, -0.15) is 4.31 Å². The standard InChI is InChI=1S/C18H20FNO4S/c1-13-5-11-16(12-6-13)25(22,23)20(17(21)24-18(2,3)4)15-9-7-14(19)8-10-15/h5-12H,1-4H3. The topological polar surface area (TPSA) is 63.7 Å². The summed E-state index contributed by atoms with van der Waals surface area (Å²) in [4.78, 5) is 12.5. The highest BCUT2D eigenvalue weighted by atomic mass is 32.2. The number of anilines is 1. The molecule has 1 amide bonds. The quantitative estimate of drug-likeness (QED) is 0.815. The fourth-order valence-corrected chi connectivity index (χ4v) is 3.36. The summed E-state index contributed by atoms with van der Waals surface area (Å²) >= 11 is 0. The molecular formula is C18H20FNO4S. The van der Waals surface area contributed by atoms with Crippen LogP contribution in [0.2, 0.25) is 0 Å². The molecule has 0 aliphatic carbocycles. The van der Waals surface area contributed by atoms with Crippen molar-refractivity contribution < 1.29 is 22.3 Å². The van der Waals surface area contributed by atoms with E-state index in [1.807, 2.05) is 6.92 Å². The number of benzene rings is 2. The third-order valence-corrected chi connectivity index (χ3v) is 4.89. The molecule has 134 valence electrons. The van der Waals surface area contributed by atoms with Crippen molar-refractivity contribution >= 4 is 21.8 Å². The van der Waals surface area contributed by atoms with E-state index in [1.54, 1.807) is 32.9 Å². The highest BCUT2D eigenvalue weighted by molar-refractivity contribution is 7.93. The number of aryl methyl sites for hydroxylation is 1. The summed E-state index contributed by atoms with van der Waals surface area (Å²) in [6, 6.07) is 10.7. The lowest BCUT2D eigenvalue weighted by Gasteiger charge is -2.27. The zero-order chi connectivity index (χ0) is 18.8. The molecule has 0 aliphatic heterocycles. The van der Waals surface area contributed by atoms with Crippen LogP contribution in [0, 0.1) is 12.7 Å². The molecule has 25 heavy (non-hydrogen) atoms. The SMILES string of the molecule is Cc1ccc(S(=O)(=O)N(C(=O)OC(C)(C)C)c2ccc(F)cc2)cc1. The van der Waals surface area contributed by atoms with E-state index in [9.17, 15) is 17.6 Å². The third kappa shape index (κ3) is 4.57. The summed E-state index contributed by atoms with van der Waals surface area (Å²) in [5.41, 5.74) is -0.0150. The Morgan fingerprint density at radius 1 is 1.00 bits per heavy atom. The molecule has 2 aromatic carbocycles. The number of halogens is 1. The molecule has 5 nitrogen and oxygen atoms in total. The highest BCUT2D eigenvalue weighted by Gasteiger charge is 2.34. The predicted molar refractivity (Wildman–Crippen MR) is 93.5 cm³/mol. The monoisotopic (exact) mass is 365 g/mol. The second kappa shape index (κ2) is 6.84. The van der Waals surface area contributed by atoms with Crippen LogP contribution in [-0.2, 0) is 14.8 Å². The Kier molecular flexibility index (Phi) is 5.17. The van der Waals surface area contributed by atoms with Crippen molar-refractivity contribution in [1.29, 1.82) is 0 Å². The van der Waals surface area contributed by atoms with Crippen LogP contribution < -0.4 is 4.31 Å². The van der Waals surface area contributed by atoms with Crippen LogP contribution in [0.15, 0.2) is 53.4 Å². The Morgan fingerprint density at radius 2 is 1.52 bits per heavy atom. The minimum Gasteiger partial charge on any atom is -0.443 e. The van der Waals surface area contributed by atoms with Gasteiger partial charge in [-0.15, -0.1) is 0 Å². The number of sulfonamides is 1. The molecule has 0 spiro atoms. The number of carbonyl (C=O) groups is 1. The number of carbonyl (C=O) groups excluding carboxylic acids is 1. The van der Waals surface area contributed by atoms with Crippen molar-refractivity contribution in [3.05, 3.63) is 59.9 Å². The van der Waals surface area contributed by atoms with Crippen molar-refractivity contribution in [2.45, 2.75) is 38.2 Å². The maximum absolute atomic E-state index is 13.2. The van der Waals surface area contributed by atoms with Gasteiger partial charge in [0, 0.05) is 0 Å². The van der Waals surface area contributed by atoms with Crippen LogP contribution in [0.1, 0.15) is 26.3 Å². The molecule has 0 heterocycles. The maximum atomic E-state index is 13.2. The third-order valence-electron chi connectivity index (χ3n) is 3.18. The maximum Gasteiger partial charge on any atom is 0.429 e. The molecule has 0 aromatic heterocycles. The van der Waals surface area contributed by atoms with Crippen molar-refractivity contribution in [3.8, 4) is 0 Å². The Morgan fingerprint density at radius 3 is 2.00 bits per heavy atom. The zero-order valence-electron chi connectivity index (χ0n) is 14.5. The van der Waals surface area contributed by atoms with Gasteiger partial charge in [-0.25, -0.2) is 17.6 Å². The van der Waals surface area contributed by atoms with Crippen molar-refractivity contribution in [2.24, 2.45) is 0 Å². The first-order valence-corrected chi connectivity index (χ1v) is 9.05. The van der Waals surface area contributed by atoms with E-state index >= 15 is 0 Å². The van der Waals surface area contributed by atoms with Gasteiger partial charge in [-0.1, -0.05) is 17.7 Å². The molecular weight excluding hydrogens is 345 g/mol. The van der Waals surface area contributed by atoms with E-state index in [-0.39, 0.29) is 10.6 Å². The summed E-state index contributed by atoms with van der Waals surface area (Å²) in [6.07, 6.45) is -1.06. The molecule has 0 saturated carbocycles. The smallest absolute Gasteiger partial charge is 0.429 e. The van der Waals surface area contributed by atoms with Crippen LogP contribution in [-0.4, -0.2) is 20.1 Å². The first-order valence-electron chi connectivity index (χ1n) is 7.61. The number of rotatable bonds is 3. The van der Waals surface area contributed by atoms with Crippen LogP contribution >= 0.6 is 0 Å². The van der Waals surface area contributed by atoms with Crippen LogP contribution in [0.5, 0.6) is 0 Å². The van der Waals surface area contributed by atoms with Gasteiger partial charge in [-0.05, 0) is 64.1 Å². The van der Waals surface area contributed by atoms with Crippen molar-refractivity contribution in [2.75, 3.05) is 4.31 Å². The van der Waals surface area contributed by atoms with Gasteiger partial charge in [0.05, 0.1) is 10.6 Å². The molecule has 0 fully saturated rings. The van der Waals surface area contributed by atoms with Crippen molar-refractivity contribution in [3.63, 3.8) is 0 Å². The van der Waals surface area contributed by atoms with Crippen LogP contribution in [0.4, 0.5) is 14.9 Å². The van der Waals surface area contributed by atoms with Crippen molar-refractivity contribution in [1.82, 2.24) is 0 Å². The van der Waals surface area contributed by atoms with Crippen LogP contribution in [0.3, 0.4) is 0 Å². The molecule has 0 saturated heterocycles. The van der Waals surface area contributed by atoms with Gasteiger partial charge in [0.25, 0.3) is 10.0 Å². The molecule has 2 aromatic rings. The van der Waals surface area contributed by atoms with E-state index in [2.05, 4.69) is 0 Å². The number of nitrogens with zero attached hydrogens (tertiary/aromatic N) is 1. The van der Waals surface area contributed by atoms with E-state index < -0.39 is 27.5 Å². The minimum atomic E-state index is -4.22. The highest BCUT2D eigenvalue weighted by Crippen LogP contribution is 2.26. The van der Waals surface area contributed by atoms with Gasteiger partial charge >= 0.3 is 6.09 Å². The first kappa shape index (κ1) is 18.9. The normalized spacial score (nSPS) is 11.9. The molecule has 0 aliphatic rings. The second-order valence-electron chi connectivity index (χ2n) is 6.54. The Balaban J connectivity index is 2.55. The fraction of sp³-hybridized carbons (Fsp3) is 0.278. The van der Waals surface area contributed by atoms with E-state index in [1.165, 1.54) is 24.3 Å². The molecule has 0 N–H and O–H groups in total. The number of ether oxygens (including phenoxy) is 1. The molecule has 2 rings (SSSR count). The predicted octanol–water partition coefficient (Wildman–Crippen LogP) is 4.26. The average molecular weight is 365 g/mol. The minimum absolute atomic E-state index is 0.00350. The first-order chi connectivity index (χ1) is 11.5. The molecule has 0 bridgehead atoms. The Bertz CT molecular complexity index is 853. The summed E-state index contributed by atoms with van der Waals surface area (Å²) in [5, 5.41) is 0. The fourth-order valence-electron chi connectivity index (χ4n) is 2.04. The molecule has 0 unspecified atom stereocenters. The van der Waals surface area contributed by atoms with E-state index in [0.717, 1.165) is 17.7 Å². The Hall–Kier alpha value is -2.41. The van der Waals surface area contributed by atoms with Gasteiger partial charge in [-0.3, -0.25) is 0 Å². The molecule has 0 atom stereocenters. The summed E-state index contributed by atoms with van der Waals surface area (Å²) < 4.78 is 45.0. The van der Waals surface area contributed by atoms with E-state index in [0.29, 0.717) is 4.31 Å². The summed E-state index contributed by atoms with van der Waals surface area (Å²) in [7, 11) is -4.22. The average Bonchev–Trinajstić information content (AvgIpc) is 2.48. The van der Waals surface area contributed by atoms with E-state index in [4.69, 9.17) is 4.74 Å². The number of hydrogen-bond acceptors (Lipinski definition) is 4.